The summed E-state index contributed by atoms with van der Waals surface area (Å²) in [5, 5.41) is 0. The standard InChI is InChI=1S/C24H30N2O/c1-4-7-8-12-17-22-18-13-14-19-23(22)26(24(27)25(5-2)6-3)20-21-15-10-9-11-16-21/h9-11,13-16,18-19H,4-8,20H2,1-3H3. The van der Waals surface area contributed by atoms with E-state index in [1.807, 2.05) is 66.1 Å². The highest BCUT2D eigenvalue weighted by atomic mass is 16.2. The van der Waals surface area contributed by atoms with Crippen LogP contribution in [0.15, 0.2) is 54.6 Å². The summed E-state index contributed by atoms with van der Waals surface area (Å²) in [4.78, 5) is 16.9. The molecule has 0 saturated heterocycles. The summed E-state index contributed by atoms with van der Waals surface area (Å²) in [6, 6.07) is 18.1. The predicted octanol–water partition coefficient (Wildman–Crippen LogP) is 5.70. The van der Waals surface area contributed by atoms with Crippen LogP contribution in [0.2, 0.25) is 0 Å². The van der Waals surface area contributed by atoms with Gasteiger partial charge in [-0.3, -0.25) is 4.90 Å². The summed E-state index contributed by atoms with van der Waals surface area (Å²) in [7, 11) is 0. The van der Waals surface area contributed by atoms with Crippen LogP contribution in [0.5, 0.6) is 0 Å². The smallest absolute Gasteiger partial charge is 0.324 e. The van der Waals surface area contributed by atoms with Crippen LogP contribution in [0.1, 0.15) is 51.2 Å². The molecule has 142 valence electrons. The molecule has 2 aromatic rings. The minimum absolute atomic E-state index is 0.0201. The molecule has 0 radical (unpaired) electrons. The number of rotatable bonds is 7. The van der Waals surface area contributed by atoms with E-state index in [1.165, 1.54) is 0 Å². The van der Waals surface area contributed by atoms with Crippen LogP contribution >= 0.6 is 0 Å². The van der Waals surface area contributed by atoms with Crippen molar-refractivity contribution in [1.82, 2.24) is 4.90 Å². The monoisotopic (exact) mass is 362 g/mol. The van der Waals surface area contributed by atoms with Crippen LogP contribution in [0.4, 0.5) is 10.5 Å². The van der Waals surface area contributed by atoms with Gasteiger partial charge in [-0.05, 0) is 38.0 Å². The van der Waals surface area contributed by atoms with Crippen molar-refractivity contribution in [3.05, 3.63) is 65.7 Å². The number of carbonyl (C=O) groups excluding carboxylic acids is 1. The summed E-state index contributed by atoms with van der Waals surface area (Å²) in [6.45, 7) is 8.09. The summed E-state index contributed by atoms with van der Waals surface area (Å²) in [6.07, 6.45) is 3.12. The van der Waals surface area contributed by atoms with Gasteiger partial charge in [-0.1, -0.05) is 67.6 Å². The Balaban J connectivity index is 2.40. The van der Waals surface area contributed by atoms with Gasteiger partial charge in [-0.25, -0.2) is 4.79 Å². The Morgan fingerprint density at radius 1 is 0.926 bits per heavy atom. The molecule has 27 heavy (non-hydrogen) atoms. The summed E-state index contributed by atoms with van der Waals surface area (Å²) >= 11 is 0. The lowest BCUT2D eigenvalue weighted by atomic mass is 10.1. The van der Waals surface area contributed by atoms with Crippen molar-refractivity contribution in [2.75, 3.05) is 18.0 Å². The van der Waals surface area contributed by atoms with E-state index >= 15 is 0 Å². The van der Waals surface area contributed by atoms with E-state index in [9.17, 15) is 4.79 Å². The molecule has 0 aliphatic rings. The number of unbranched alkanes of at least 4 members (excludes halogenated alkanes) is 2. The first-order valence-electron chi connectivity index (χ1n) is 9.89. The Morgan fingerprint density at radius 2 is 1.59 bits per heavy atom. The molecule has 2 amide bonds. The second-order valence-corrected chi connectivity index (χ2v) is 6.45. The molecule has 2 rings (SSSR count). The van der Waals surface area contributed by atoms with E-state index in [1.54, 1.807) is 0 Å². The van der Waals surface area contributed by atoms with Gasteiger partial charge in [0.05, 0.1) is 12.2 Å². The van der Waals surface area contributed by atoms with Crippen LogP contribution in [-0.4, -0.2) is 24.0 Å². The van der Waals surface area contributed by atoms with Crippen molar-refractivity contribution in [2.45, 2.75) is 46.6 Å². The van der Waals surface area contributed by atoms with Crippen LogP contribution in [-0.2, 0) is 6.54 Å². The van der Waals surface area contributed by atoms with Crippen molar-refractivity contribution in [3.63, 3.8) is 0 Å². The van der Waals surface area contributed by atoms with E-state index in [4.69, 9.17) is 0 Å². The molecule has 0 aliphatic heterocycles. The molecule has 0 saturated carbocycles. The maximum Gasteiger partial charge on any atom is 0.324 e. The fourth-order valence-electron chi connectivity index (χ4n) is 2.92. The molecule has 0 N–H and O–H groups in total. The second-order valence-electron chi connectivity index (χ2n) is 6.45. The molecule has 0 aromatic heterocycles. The Bertz CT molecular complexity index is 770. The quantitative estimate of drug-likeness (QED) is 0.458. The zero-order valence-electron chi connectivity index (χ0n) is 16.7. The molecule has 3 heteroatoms. The minimum atomic E-state index is 0.0201. The van der Waals surface area contributed by atoms with E-state index < -0.39 is 0 Å². The fraction of sp³-hybridized carbons (Fsp3) is 0.375. The van der Waals surface area contributed by atoms with Gasteiger partial charge < -0.3 is 4.90 Å². The molecule has 2 aromatic carbocycles. The summed E-state index contributed by atoms with van der Waals surface area (Å²) < 4.78 is 0. The zero-order chi connectivity index (χ0) is 19.5. The molecule has 0 bridgehead atoms. The van der Waals surface area contributed by atoms with Gasteiger partial charge in [-0.2, -0.15) is 0 Å². The number of carbonyl (C=O) groups is 1. The SMILES string of the molecule is CCCCC#Cc1ccccc1N(Cc1ccccc1)C(=O)N(CC)CC. The van der Waals surface area contributed by atoms with E-state index in [0.717, 1.165) is 36.1 Å². The van der Waals surface area contributed by atoms with Crippen LogP contribution in [0.3, 0.4) is 0 Å². The van der Waals surface area contributed by atoms with E-state index in [0.29, 0.717) is 19.6 Å². The summed E-state index contributed by atoms with van der Waals surface area (Å²) in [5.41, 5.74) is 2.89. The topological polar surface area (TPSA) is 23.6 Å². The van der Waals surface area contributed by atoms with Gasteiger partial charge in [0, 0.05) is 25.1 Å². The molecule has 0 fully saturated rings. The number of hydrogen-bond acceptors (Lipinski definition) is 1. The average Bonchev–Trinajstić information content (AvgIpc) is 2.71. The van der Waals surface area contributed by atoms with Crippen molar-refractivity contribution in [1.29, 1.82) is 0 Å². The molecule has 0 aliphatic carbocycles. The third kappa shape index (κ3) is 5.89. The average molecular weight is 363 g/mol. The van der Waals surface area contributed by atoms with Gasteiger partial charge in [0.15, 0.2) is 0 Å². The van der Waals surface area contributed by atoms with Crippen LogP contribution in [0.25, 0.3) is 0 Å². The van der Waals surface area contributed by atoms with Gasteiger partial charge in [0.25, 0.3) is 0 Å². The number of urea groups is 1. The van der Waals surface area contributed by atoms with Gasteiger partial charge in [0.2, 0.25) is 0 Å². The Morgan fingerprint density at radius 3 is 2.26 bits per heavy atom. The van der Waals surface area contributed by atoms with Crippen molar-refractivity contribution in [3.8, 4) is 11.8 Å². The Kier molecular flexibility index (Phi) is 8.45. The van der Waals surface area contributed by atoms with Gasteiger partial charge in [0.1, 0.15) is 0 Å². The highest BCUT2D eigenvalue weighted by Gasteiger charge is 2.22. The molecule has 0 heterocycles. The highest BCUT2D eigenvalue weighted by Crippen LogP contribution is 2.23. The number of nitrogens with zero attached hydrogens (tertiary/aromatic N) is 2. The lowest BCUT2D eigenvalue weighted by Gasteiger charge is -2.30. The third-order valence-corrected chi connectivity index (χ3v) is 4.52. The first-order valence-corrected chi connectivity index (χ1v) is 9.89. The molecule has 0 atom stereocenters. The highest BCUT2D eigenvalue weighted by molar-refractivity contribution is 5.93. The number of benzene rings is 2. The van der Waals surface area contributed by atoms with Crippen LogP contribution < -0.4 is 4.90 Å². The van der Waals surface area contributed by atoms with Gasteiger partial charge >= 0.3 is 6.03 Å². The fourth-order valence-corrected chi connectivity index (χ4v) is 2.92. The number of anilines is 1. The minimum Gasteiger partial charge on any atom is -0.325 e. The summed E-state index contributed by atoms with van der Waals surface area (Å²) in [5.74, 6) is 6.54. The lowest BCUT2D eigenvalue weighted by molar-refractivity contribution is 0.209. The number of hydrogen-bond donors (Lipinski definition) is 0. The van der Waals surface area contributed by atoms with Crippen molar-refractivity contribution < 1.29 is 4.79 Å². The molecule has 0 spiro atoms. The first kappa shape index (κ1) is 20.6. The van der Waals surface area contributed by atoms with E-state index in [2.05, 4.69) is 30.9 Å². The predicted molar refractivity (Wildman–Crippen MR) is 114 cm³/mol. The lowest BCUT2D eigenvalue weighted by Crippen LogP contribution is -2.43. The van der Waals surface area contributed by atoms with Crippen molar-refractivity contribution >= 4 is 11.7 Å². The number of para-hydroxylation sites is 1. The molecule has 0 unspecified atom stereocenters. The maximum absolute atomic E-state index is 13.2. The third-order valence-electron chi connectivity index (χ3n) is 4.52. The van der Waals surface area contributed by atoms with Gasteiger partial charge in [-0.15, -0.1) is 0 Å². The largest absolute Gasteiger partial charge is 0.325 e. The molecule has 3 nitrogen and oxygen atoms in total. The normalized spacial score (nSPS) is 10.0. The number of amides is 2. The van der Waals surface area contributed by atoms with Crippen LogP contribution in [0, 0.1) is 11.8 Å². The van der Waals surface area contributed by atoms with E-state index in [-0.39, 0.29) is 6.03 Å². The molecular formula is C24H30N2O. The first-order chi connectivity index (χ1) is 13.2. The van der Waals surface area contributed by atoms with Crippen molar-refractivity contribution in [2.24, 2.45) is 0 Å². The maximum atomic E-state index is 13.2. The zero-order valence-corrected chi connectivity index (χ0v) is 16.7. The Labute approximate surface area is 164 Å². The Hall–Kier alpha value is -2.73. The molecular weight excluding hydrogens is 332 g/mol. The second kappa shape index (κ2) is 11.1.